The lowest BCUT2D eigenvalue weighted by atomic mass is 10.1. The van der Waals surface area contributed by atoms with Gasteiger partial charge >= 0.3 is 5.97 Å². The predicted octanol–water partition coefficient (Wildman–Crippen LogP) is 2.38. The molecule has 2 rings (SSSR count). The van der Waals surface area contributed by atoms with E-state index in [1.165, 1.54) is 10.6 Å². The van der Waals surface area contributed by atoms with Crippen molar-refractivity contribution in [2.75, 3.05) is 6.61 Å². The zero-order valence-electron chi connectivity index (χ0n) is 11.8. The number of carbonyl (C=O) groups is 1. The molecule has 5 nitrogen and oxygen atoms in total. The highest BCUT2D eigenvalue weighted by Gasteiger charge is 2.07. The standard InChI is InChI=1S/C16H17NO4/c1-2-9-21-14-7-4-8-17(15(14)18)11-12-5-3-6-13(10-12)16(19)20/h3-8,10H,2,9,11H2,1H3,(H,19,20). The summed E-state index contributed by atoms with van der Waals surface area (Å²) in [6.45, 7) is 2.77. The molecule has 0 atom stereocenters. The van der Waals surface area contributed by atoms with Gasteiger partial charge in [-0.3, -0.25) is 4.79 Å². The third-order valence-corrected chi connectivity index (χ3v) is 2.97. The maximum absolute atomic E-state index is 12.2. The maximum atomic E-state index is 12.2. The van der Waals surface area contributed by atoms with Crippen molar-refractivity contribution in [1.82, 2.24) is 4.57 Å². The summed E-state index contributed by atoms with van der Waals surface area (Å²) >= 11 is 0. The van der Waals surface area contributed by atoms with Gasteiger partial charge < -0.3 is 14.4 Å². The highest BCUT2D eigenvalue weighted by molar-refractivity contribution is 5.87. The molecule has 0 fully saturated rings. The number of hydrogen-bond donors (Lipinski definition) is 1. The Kier molecular flexibility index (Phi) is 4.77. The Bertz CT molecular complexity index is 691. The highest BCUT2D eigenvalue weighted by atomic mass is 16.5. The number of nitrogens with zero attached hydrogens (tertiary/aromatic N) is 1. The number of benzene rings is 1. The zero-order valence-corrected chi connectivity index (χ0v) is 11.8. The molecule has 0 aliphatic heterocycles. The summed E-state index contributed by atoms with van der Waals surface area (Å²) in [5.41, 5.74) is 0.746. The monoisotopic (exact) mass is 287 g/mol. The maximum Gasteiger partial charge on any atom is 0.335 e. The fourth-order valence-corrected chi connectivity index (χ4v) is 1.96. The number of aromatic nitrogens is 1. The average Bonchev–Trinajstić information content (AvgIpc) is 2.48. The molecule has 0 aliphatic carbocycles. The smallest absolute Gasteiger partial charge is 0.335 e. The summed E-state index contributed by atoms with van der Waals surface area (Å²) in [5.74, 6) is -0.669. The summed E-state index contributed by atoms with van der Waals surface area (Å²) in [4.78, 5) is 23.2. The Morgan fingerprint density at radius 1 is 1.29 bits per heavy atom. The lowest BCUT2D eigenvalue weighted by molar-refractivity contribution is 0.0696. The second-order valence-corrected chi connectivity index (χ2v) is 4.66. The largest absolute Gasteiger partial charge is 0.488 e. The van der Waals surface area contributed by atoms with Crippen LogP contribution in [0, 0.1) is 0 Å². The highest BCUT2D eigenvalue weighted by Crippen LogP contribution is 2.08. The van der Waals surface area contributed by atoms with Crippen LogP contribution in [0.1, 0.15) is 29.3 Å². The van der Waals surface area contributed by atoms with Gasteiger partial charge in [0.1, 0.15) is 0 Å². The Labute approximate surface area is 122 Å². The summed E-state index contributed by atoms with van der Waals surface area (Å²) in [5, 5.41) is 8.98. The van der Waals surface area contributed by atoms with Gasteiger partial charge in [0, 0.05) is 6.20 Å². The van der Waals surface area contributed by atoms with Gasteiger partial charge in [-0.2, -0.15) is 0 Å². The molecule has 1 aromatic heterocycles. The fourth-order valence-electron chi connectivity index (χ4n) is 1.96. The van der Waals surface area contributed by atoms with Crippen molar-refractivity contribution >= 4 is 5.97 Å². The first-order chi connectivity index (χ1) is 10.1. The Balaban J connectivity index is 2.25. The molecule has 0 saturated heterocycles. The van der Waals surface area contributed by atoms with Crippen LogP contribution >= 0.6 is 0 Å². The predicted molar refractivity (Wildman–Crippen MR) is 79.0 cm³/mol. The SMILES string of the molecule is CCCOc1cccn(Cc2cccc(C(=O)O)c2)c1=O. The summed E-state index contributed by atoms with van der Waals surface area (Å²) in [7, 11) is 0. The summed E-state index contributed by atoms with van der Waals surface area (Å²) in [6.07, 6.45) is 2.49. The molecular formula is C16H17NO4. The van der Waals surface area contributed by atoms with Gasteiger partial charge in [-0.15, -0.1) is 0 Å². The van der Waals surface area contributed by atoms with E-state index in [0.717, 1.165) is 12.0 Å². The molecule has 1 heterocycles. The van der Waals surface area contributed by atoms with Gasteiger partial charge in [0.05, 0.1) is 18.7 Å². The minimum absolute atomic E-state index is 0.207. The normalized spacial score (nSPS) is 10.3. The third kappa shape index (κ3) is 3.72. The van der Waals surface area contributed by atoms with E-state index in [1.807, 2.05) is 6.92 Å². The molecule has 110 valence electrons. The van der Waals surface area contributed by atoms with Gasteiger partial charge in [0.15, 0.2) is 5.75 Å². The van der Waals surface area contributed by atoms with E-state index in [-0.39, 0.29) is 11.1 Å². The minimum Gasteiger partial charge on any atom is -0.488 e. The van der Waals surface area contributed by atoms with Crippen molar-refractivity contribution < 1.29 is 14.6 Å². The van der Waals surface area contributed by atoms with Gasteiger partial charge in [-0.05, 0) is 36.2 Å². The lowest BCUT2D eigenvalue weighted by Gasteiger charge is -2.09. The first-order valence-electron chi connectivity index (χ1n) is 6.76. The van der Waals surface area contributed by atoms with Crippen molar-refractivity contribution in [3.63, 3.8) is 0 Å². The third-order valence-electron chi connectivity index (χ3n) is 2.97. The van der Waals surface area contributed by atoms with Crippen LogP contribution in [-0.2, 0) is 6.54 Å². The van der Waals surface area contributed by atoms with Crippen molar-refractivity contribution in [1.29, 1.82) is 0 Å². The van der Waals surface area contributed by atoms with Crippen LogP contribution in [0.4, 0.5) is 0 Å². The van der Waals surface area contributed by atoms with Gasteiger partial charge in [0.25, 0.3) is 5.56 Å². The Morgan fingerprint density at radius 2 is 2.10 bits per heavy atom. The van der Waals surface area contributed by atoms with E-state index in [2.05, 4.69) is 0 Å². The van der Waals surface area contributed by atoms with Gasteiger partial charge in [0.2, 0.25) is 0 Å². The molecule has 0 saturated carbocycles. The number of pyridine rings is 1. The van der Waals surface area contributed by atoms with Gasteiger partial charge in [-0.25, -0.2) is 4.79 Å². The van der Waals surface area contributed by atoms with Crippen LogP contribution in [0.25, 0.3) is 0 Å². The Morgan fingerprint density at radius 3 is 2.81 bits per heavy atom. The van der Waals surface area contributed by atoms with E-state index >= 15 is 0 Å². The molecule has 5 heteroatoms. The Hall–Kier alpha value is -2.56. The zero-order chi connectivity index (χ0) is 15.2. The molecule has 21 heavy (non-hydrogen) atoms. The van der Waals surface area contributed by atoms with Crippen molar-refractivity contribution in [2.45, 2.75) is 19.9 Å². The minimum atomic E-state index is -0.982. The van der Waals surface area contributed by atoms with Crippen molar-refractivity contribution in [3.8, 4) is 5.75 Å². The molecular weight excluding hydrogens is 270 g/mol. The first kappa shape index (κ1) is 14.8. The lowest BCUT2D eigenvalue weighted by Crippen LogP contribution is -2.22. The quantitative estimate of drug-likeness (QED) is 0.885. The van der Waals surface area contributed by atoms with E-state index in [9.17, 15) is 9.59 Å². The molecule has 1 N–H and O–H groups in total. The molecule has 0 aliphatic rings. The second kappa shape index (κ2) is 6.74. The number of aromatic carboxylic acids is 1. The van der Waals surface area contributed by atoms with Crippen molar-refractivity contribution in [3.05, 3.63) is 64.1 Å². The molecule has 0 amide bonds. The number of ether oxygens (including phenoxy) is 1. The van der Waals surface area contributed by atoms with Crippen LogP contribution in [-0.4, -0.2) is 22.2 Å². The summed E-state index contributed by atoms with van der Waals surface area (Å²) in [6, 6.07) is 9.93. The average molecular weight is 287 g/mol. The van der Waals surface area contributed by atoms with E-state index in [4.69, 9.17) is 9.84 Å². The van der Waals surface area contributed by atoms with E-state index < -0.39 is 5.97 Å². The molecule has 2 aromatic rings. The molecule has 1 aromatic carbocycles. The second-order valence-electron chi connectivity index (χ2n) is 4.66. The molecule has 0 radical (unpaired) electrons. The van der Waals surface area contributed by atoms with Crippen LogP contribution in [0.15, 0.2) is 47.4 Å². The molecule has 0 spiro atoms. The van der Waals surface area contributed by atoms with E-state index in [0.29, 0.717) is 18.9 Å². The van der Waals surface area contributed by atoms with Crippen molar-refractivity contribution in [2.24, 2.45) is 0 Å². The number of carboxylic acid groups (broad SMARTS) is 1. The topological polar surface area (TPSA) is 68.5 Å². The molecule has 0 bridgehead atoms. The van der Waals surface area contributed by atoms with Crippen LogP contribution in [0.5, 0.6) is 5.75 Å². The fraction of sp³-hybridized carbons (Fsp3) is 0.250. The number of carboxylic acids is 1. The number of hydrogen-bond acceptors (Lipinski definition) is 3. The van der Waals surface area contributed by atoms with Crippen LogP contribution < -0.4 is 10.3 Å². The first-order valence-corrected chi connectivity index (χ1v) is 6.76. The van der Waals surface area contributed by atoms with Crippen LogP contribution in [0.2, 0.25) is 0 Å². The summed E-state index contributed by atoms with van der Waals surface area (Å²) < 4.78 is 6.90. The van der Waals surface area contributed by atoms with E-state index in [1.54, 1.807) is 36.5 Å². The van der Waals surface area contributed by atoms with Gasteiger partial charge in [-0.1, -0.05) is 19.1 Å². The molecule has 0 unspecified atom stereocenters. The van der Waals surface area contributed by atoms with Crippen LogP contribution in [0.3, 0.4) is 0 Å². The number of rotatable bonds is 6.